The average molecular weight is 415 g/mol. The minimum absolute atomic E-state index is 0.0806. The van der Waals surface area contributed by atoms with Crippen molar-refractivity contribution in [2.24, 2.45) is 0 Å². The van der Waals surface area contributed by atoms with Crippen LogP contribution < -0.4 is 5.32 Å². The molecule has 150 valence electrons. The van der Waals surface area contributed by atoms with Gasteiger partial charge in [0.1, 0.15) is 11.5 Å². The molecule has 7 nitrogen and oxygen atoms in total. The van der Waals surface area contributed by atoms with Crippen LogP contribution >= 0.6 is 11.3 Å². The molecule has 9 heteroatoms. The second-order valence-electron chi connectivity index (χ2n) is 6.18. The summed E-state index contributed by atoms with van der Waals surface area (Å²) in [6.07, 6.45) is 0. The number of halogens is 1. The van der Waals surface area contributed by atoms with Crippen LogP contribution in [0.25, 0.3) is 11.1 Å². The molecule has 0 atom stereocenters. The van der Waals surface area contributed by atoms with Gasteiger partial charge < -0.3 is 9.72 Å². The van der Waals surface area contributed by atoms with Gasteiger partial charge in [0.05, 0.1) is 17.9 Å². The summed E-state index contributed by atoms with van der Waals surface area (Å²) in [5.74, 6) is -2.89. The number of hydrogen-bond acceptors (Lipinski definition) is 6. The molecule has 0 radical (unpaired) electrons. The minimum atomic E-state index is -0.903. The maximum absolute atomic E-state index is 13.4. The maximum atomic E-state index is 13.4. The predicted molar refractivity (Wildman–Crippen MR) is 107 cm³/mol. The van der Waals surface area contributed by atoms with E-state index in [0.717, 1.165) is 0 Å². The topological polar surface area (TPSA) is 101 Å². The van der Waals surface area contributed by atoms with Crippen LogP contribution in [0.3, 0.4) is 0 Å². The van der Waals surface area contributed by atoms with E-state index in [2.05, 4.69) is 15.3 Å². The van der Waals surface area contributed by atoms with Gasteiger partial charge in [-0.2, -0.15) is 0 Å². The highest BCUT2D eigenvalue weighted by Gasteiger charge is 2.30. The van der Waals surface area contributed by atoms with Crippen molar-refractivity contribution in [2.45, 2.75) is 20.8 Å². The molecule has 0 saturated carbocycles. The second kappa shape index (κ2) is 8.36. The van der Waals surface area contributed by atoms with E-state index in [1.54, 1.807) is 26.2 Å². The summed E-state index contributed by atoms with van der Waals surface area (Å²) >= 11 is 1.19. The van der Waals surface area contributed by atoms with Gasteiger partial charge in [0.2, 0.25) is 0 Å². The first-order valence-corrected chi connectivity index (χ1v) is 9.63. The third-order valence-corrected chi connectivity index (χ3v) is 4.95. The standard InChI is InChI=1S/C20H18FN3O4S/c1-4-28-19(27)14-11(3)23-16(15(14)12-5-7-13(21)8-6-12)17(25)18(26)24-20-22-10(2)9-29-20/h5-9,23H,4H2,1-3H3,(H,22,24,26). The van der Waals surface area contributed by atoms with Crippen molar-refractivity contribution >= 4 is 34.1 Å². The van der Waals surface area contributed by atoms with Gasteiger partial charge in [-0.05, 0) is 38.5 Å². The van der Waals surface area contributed by atoms with Crippen molar-refractivity contribution in [1.82, 2.24) is 9.97 Å². The van der Waals surface area contributed by atoms with E-state index >= 15 is 0 Å². The van der Waals surface area contributed by atoms with Crippen LogP contribution in [0, 0.1) is 19.7 Å². The number of nitrogens with one attached hydrogen (secondary N) is 2. The normalized spacial score (nSPS) is 10.6. The molecule has 0 aliphatic rings. The van der Waals surface area contributed by atoms with Crippen LogP contribution in [0.2, 0.25) is 0 Å². The number of hydrogen-bond donors (Lipinski definition) is 2. The minimum Gasteiger partial charge on any atom is -0.462 e. The smallest absolute Gasteiger partial charge is 0.340 e. The van der Waals surface area contributed by atoms with Crippen molar-refractivity contribution in [2.75, 3.05) is 11.9 Å². The number of aromatic amines is 1. The van der Waals surface area contributed by atoms with Crippen LogP contribution in [0.4, 0.5) is 9.52 Å². The molecule has 3 aromatic rings. The van der Waals surface area contributed by atoms with E-state index in [0.29, 0.717) is 17.0 Å². The lowest BCUT2D eigenvalue weighted by molar-refractivity contribution is -0.112. The number of anilines is 1. The average Bonchev–Trinajstić information content (AvgIpc) is 3.24. The van der Waals surface area contributed by atoms with Crippen molar-refractivity contribution in [3.8, 4) is 11.1 Å². The van der Waals surface area contributed by atoms with Gasteiger partial charge in [0.15, 0.2) is 5.13 Å². The van der Waals surface area contributed by atoms with Gasteiger partial charge >= 0.3 is 5.97 Å². The number of rotatable bonds is 6. The lowest BCUT2D eigenvalue weighted by Crippen LogP contribution is -2.23. The van der Waals surface area contributed by atoms with Gasteiger partial charge in [-0.15, -0.1) is 11.3 Å². The molecule has 2 heterocycles. The highest BCUT2D eigenvalue weighted by atomic mass is 32.1. The van der Waals surface area contributed by atoms with E-state index in [1.165, 1.54) is 35.6 Å². The lowest BCUT2D eigenvalue weighted by Gasteiger charge is -2.08. The Morgan fingerprint density at radius 3 is 2.48 bits per heavy atom. The van der Waals surface area contributed by atoms with Crippen molar-refractivity contribution in [1.29, 1.82) is 0 Å². The Kier molecular flexibility index (Phi) is 5.88. The first kappa shape index (κ1) is 20.4. The first-order valence-electron chi connectivity index (χ1n) is 8.75. The molecular formula is C20H18FN3O4S. The van der Waals surface area contributed by atoms with E-state index in [-0.39, 0.29) is 28.6 Å². The van der Waals surface area contributed by atoms with E-state index in [9.17, 15) is 18.8 Å². The number of benzene rings is 1. The molecule has 29 heavy (non-hydrogen) atoms. The largest absolute Gasteiger partial charge is 0.462 e. The molecule has 0 spiro atoms. The molecule has 3 rings (SSSR count). The molecule has 2 aromatic heterocycles. The summed E-state index contributed by atoms with van der Waals surface area (Å²) in [6.45, 7) is 5.16. The van der Waals surface area contributed by atoms with Gasteiger partial charge in [-0.3, -0.25) is 14.9 Å². The zero-order valence-electron chi connectivity index (χ0n) is 16.0. The molecular weight excluding hydrogens is 397 g/mol. The number of amides is 1. The van der Waals surface area contributed by atoms with Gasteiger partial charge in [0.25, 0.3) is 11.7 Å². The predicted octanol–water partition coefficient (Wildman–Crippen LogP) is 3.89. The van der Waals surface area contributed by atoms with Crippen LogP contribution in [0.5, 0.6) is 0 Å². The highest BCUT2D eigenvalue weighted by Crippen LogP contribution is 2.32. The Bertz CT molecular complexity index is 1090. The summed E-state index contributed by atoms with van der Waals surface area (Å²) in [5.41, 5.74) is 1.72. The molecule has 0 aliphatic heterocycles. The molecule has 0 fully saturated rings. The summed E-state index contributed by atoms with van der Waals surface area (Å²) in [6, 6.07) is 5.28. The molecule has 0 unspecified atom stereocenters. The third kappa shape index (κ3) is 4.24. The SMILES string of the molecule is CCOC(=O)c1c(C)[nH]c(C(=O)C(=O)Nc2nc(C)cs2)c1-c1ccc(F)cc1. The maximum Gasteiger partial charge on any atom is 0.340 e. The number of H-pyrrole nitrogens is 1. The third-order valence-electron chi connectivity index (χ3n) is 4.07. The Balaban J connectivity index is 2.06. The Morgan fingerprint density at radius 1 is 1.21 bits per heavy atom. The van der Waals surface area contributed by atoms with E-state index in [4.69, 9.17) is 4.74 Å². The number of carbonyl (C=O) groups is 3. The second-order valence-corrected chi connectivity index (χ2v) is 7.04. The number of esters is 1. The fourth-order valence-corrected chi connectivity index (χ4v) is 3.52. The Labute approximate surface area is 169 Å². The molecule has 1 amide bonds. The van der Waals surface area contributed by atoms with E-state index < -0.39 is 23.5 Å². The van der Waals surface area contributed by atoms with Gasteiger partial charge in [-0.25, -0.2) is 14.2 Å². The van der Waals surface area contributed by atoms with Crippen LogP contribution in [0.15, 0.2) is 29.6 Å². The first-order chi connectivity index (χ1) is 13.8. The van der Waals surface area contributed by atoms with Gasteiger partial charge in [0, 0.05) is 16.6 Å². The number of aryl methyl sites for hydroxylation is 2. The Morgan fingerprint density at radius 2 is 1.90 bits per heavy atom. The zero-order chi connectivity index (χ0) is 21.1. The number of carbonyl (C=O) groups excluding carboxylic acids is 3. The number of thiazole rings is 1. The highest BCUT2D eigenvalue weighted by molar-refractivity contribution is 7.14. The van der Waals surface area contributed by atoms with Crippen LogP contribution in [-0.2, 0) is 9.53 Å². The number of ether oxygens (including phenoxy) is 1. The van der Waals surface area contributed by atoms with Gasteiger partial charge in [-0.1, -0.05) is 12.1 Å². The molecule has 2 N–H and O–H groups in total. The summed E-state index contributed by atoms with van der Waals surface area (Å²) in [4.78, 5) is 44.8. The summed E-state index contributed by atoms with van der Waals surface area (Å²) < 4.78 is 18.5. The quantitative estimate of drug-likeness (QED) is 0.361. The number of Topliss-reactive ketones (excluding diaryl/α,β-unsaturated/α-hetero) is 1. The fraction of sp³-hybridized carbons (Fsp3) is 0.200. The number of aromatic nitrogens is 2. The number of nitrogens with zero attached hydrogens (tertiary/aromatic N) is 1. The van der Waals surface area contributed by atoms with Crippen LogP contribution in [0.1, 0.15) is 39.2 Å². The van der Waals surface area contributed by atoms with E-state index in [1.807, 2.05) is 0 Å². The molecule has 0 saturated heterocycles. The van der Waals surface area contributed by atoms with Crippen molar-refractivity contribution < 1.29 is 23.5 Å². The zero-order valence-corrected chi connectivity index (χ0v) is 16.8. The molecule has 0 aliphatic carbocycles. The Hall–Kier alpha value is -3.33. The van der Waals surface area contributed by atoms with Crippen molar-refractivity contribution in [3.63, 3.8) is 0 Å². The summed E-state index contributed by atoms with van der Waals surface area (Å²) in [5, 5.41) is 4.48. The molecule has 0 bridgehead atoms. The number of ketones is 1. The van der Waals surface area contributed by atoms with Crippen molar-refractivity contribution in [3.05, 3.63) is 58.1 Å². The fourth-order valence-electron chi connectivity index (χ4n) is 2.84. The molecule has 1 aromatic carbocycles. The lowest BCUT2D eigenvalue weighted by atomic mass is 9.98. The summed E-state index contributed by atoms with van der Waals surface area (Å²) in [7, 11) is 0. The monoisotopic (exact) mass is 415 g/mol. The van der Waals surface area contributed by atoms with Crippen LogP contribution in [-0.4, -0.2) is 34.2 Å².